The van der Waals surface area contributed by atoms with Gasteiger partial charge in [0.25, 0.3) is 0 Å². The zero-order chi connectivity index (χ0) is 20.3. The largest absolute Gasteiger partial charge is 0.454 e. The van der Waals surface area contributed by atoms with Crippen molar-refractivity contribution in [2.75, 3.05) is 12.1 Å². The third-order valence-corrected chi connectivity index (χ3v) is 5.35. The number of anilines is 1. The van der Waals surface area contributed by atoms with E-state index >= 15 is 0 Å². The number of carbonyl (C=O) groups is 1. The van der Waals surface area contributed by atoms with Crippen molar-refractivity contribution >= 4 is 22.4 Å². The molecule has 2 aromatic carbocycles. The first-order chi connectivity index (χ1) is 14.7. The minimum Gasteiger partial charge on any atom is -0.454 e. The lowest BCUT2D eigenvalue weighted by molar-refractivity contribution is -0.116. The summed E-state index contributed by atoms with van der Waals surface area (Å²) < 4.78 is 16.5. The monoisotopic (exact) mass is 419 g/mol. The first-order valence-electron chi connectivity index (χ1n) is 9.40. The first-order valence-corrected chi connectivity index (χ1v) is 10.3. The maximum Gasteiger partial charge on any atom is 0.231 e. The van der Waals surface area contributed by atoms with Gasteiger partial charge in [-0.05, 0) is 18.2 Å². The Morgan fingerprint density at radius 3 is 2.83 bits per heavy atom. The van der Waals surface area contributed by atoms with Crippen molar-refractivity contribution < 1.29 is 18.7 Å². The molecule has 5 rings (SSSR count). The van der Waals surface area contributed by atoms with Crippen molar-refractivity contribution in [3.05, 3.63) is 66.0 Å². The summed E-state index contributed by atoms with van der Waals surface area (Å²) >= 11 is 1.37. The van der Waals surface area contributed by atoms with Gasteiger partial charge in [0.2, 0.25) is 12.7 Å². The van der Waals surface area contributed by atoms with E-state index in [2.05, 4.69) is 15.3 Å². The normalized spacial score (nSPS) is 12.1. The molecule has 2 aromatic heterocycles. The number of amides is 1. The number of hydrogen-bond acceptors (Lipinski definition) is 7. The summed E-state index contributed by atoms with van der Waals surface area (Å²) in [5, 5.41) is 5.28. The Balaban J connectivity index is 1.18. The smallest absolute Gasteiger partial charge is 0.231 e. The van der Waals surface area contributed by atoms with Gasteiger partial charge in [0, 0.05) is 29.3 Å². The number of carbonyl (C=O) groups excluding carboxylic acids is 1. The summed E-state index contributed by atoms with van der Waals surface area (Å²) in [7, 11) is 0. The van der Waals surface area contributed by atoms with E-state index < -0.39 is 0 Å². The summed E-state index contributed by atoms with van der Waals surface area (Å²) in [4.78, 5) is 21.1. The topological polar surface area (TPSA) is 86.5 Å². The van der Waals surface area contributed by atoms with Crippen molar-refractivity contribution in [1.29, 1.82) is 0 Å². The van der Waals surface area contributed by atoms with Gasteiger partial charge in [0.15, 0.2) is 28.3 Å². The van der Waals surface area contributed by atoms with Crippen LogP contribution in [0.15, 0.2) is 64.5 Å². The Bertz CT molecular complexity index is 1190. The number of hydrogen-bond donors (Lipinski definition) is 1. The van der Waals surface area contributed by atoms with Gasteiger partial charge in [0.1, 0.15) is 0 Å². The zero-order valence-electron chi connectivity index (χ0n) is 15.8. The number of aromatic nitrogens is 2. The number of nitrogens with zero attached hydrogens (tertiary/aromatic N) is 2. The SMILES string of the molecule is O=C(CCc1ncc(-c2ccccc2)o1)Nc1nc(-c2ccc3c(c2)OCO3)cs1. The number of nitrogens with one attached hydrogen (secondary N) is 1. The van der Waals surface area contributed by atoms with Gasteiger partial charge in [0.05, 0.1) is 11.9 Å². The maximum atomic E-state index is 12.3. The van der Waals surface area contributed by atoms with Gasteiger partial charge in [-0.1, -0.05) is 30.3 Å². The van der Waals surface area contributed by atoms with Crippen molar-refractivity contribution in [1.82, 2.24) is 9.97 Å². The molecule has 0 aliphatic carbocycles. The van der Waals surface area contributed by atoms with Crippen LogP contribution in [0.4, 0.5) is 5.13 Å². The van der Waals surface area contributed by atoms with E-state index in [0.717, 1.165) is 22.6 Å². The van der Waals surface area contributed by atoms with Gasteiger partial charge in [-0.15, -0.1) is 11.3 Å². The quantitative estimate of drug-likeness (QED) is 0.485. The van der Waals surface area contributed by atoms with Crippen molar-refractivity contribution in [2.45, 2.75) is 12.8 Å². The molecular formula is C22H17N3O4S. The van der Waals surface area contributed by atoms with Crippen molar-refractivity contribution in [3.8, 4) is 34.1 Å². The standard InChI is InChI=1S/C22H17N3O4S/c26-20(8-9-21-23-11-19(29-21)14-4-2-1-3-5-14)25-22-24-16(12-30-22)15-6-7-17-18(10-15)28-13-27-17/h1-7,10-12H,8-9,13H2,(H,24,25,26). The predicted molar refractivity (Wildman–Crippen MR) is 113 cm³/mol. The highest BCUT2D eigenvalue weighted by Crippen LogP contribution is 2.36. The number of thiazole rings is 1. The molecule has 4 aromatic rings. The van der Waals surface area contributed by atoms with E-state index in [1.165, 1.54) is 11.3 Å². The Labute approximate surface area is 176 Å². The lowest BCUT2D eigenvalue weighted by Gasteiger charge is -2.01. The second-order valence-electron chi connectivity index (χ2n) is 6.64. The Kier molecular flexibility index (Phi) is 4.90. The van der Waals surface area contributed by atoms with E-state index in [4.69, 9.17) is 13.9 Å². The fourth-order valence-electron chi connectivity index (χ4n) is 3.08. The van der Waals surface area contributed by atoms with Crippen LogP contribution < -0.4 is 14.8 Å². The first kappa shape index (κ1) is 18.4. The average molecular weight is 419 g/mol. The zero-order valence-corrected chi connectivity index (χ0v) is 16.6. The third-order valence-electron chi connectivity index (χ3n) is 4.60. The molecular weight excluding hydrogens is 402 g/mol. The lowest BCUT2D eigenvalue weighted by Crippen LogP contribution is -2.12. The fourth-order valence-corrected chi connectivity index (χ4v) is 3.82. The molecule has 0 fully saturated rings. The maximum absolute atomic E-state index is 12.3. The highest BCUT2D eigenvalue weighted by atomic mass is 32.1. The van der Waals surface area contributed by atoms with E-state index in [9.17, 15) is 4.79 Å². The Morgan fingerprint density at radius 1 is 1.07 bits per heavy atom. The van der Waals surface area contributed by atoms with Crippen LogP contribution in [0.2, 0.25) is 0 Å². The molecule has 1 aliphatic rings. The van der Waals surface area contributed by atoms with Crippen LogP contribution in [0.5, 0.6) is 11.5 Å². The highest BCUT2D eigenvalue weighted by Gasteiger charge is 2.16. The van der Waals surface area contributed by atoms with Crippen molar-refractivity contribution in [3.63, 3.8) is 0 Å². The van der Waals surface area contributed by atoms with Crippen LogP contribution in [0.1, 0.15) is 12.3 Å². The summed E-state index contributed by atoms with van der Waals surface area (Å²) in [5.41, 5.74) is 2.64. The number of rotatable bonds is 6. The number of aryl methyl sites for hydroxylation is 1. The number of ether oxygens (including phenoxy) is 2. The predicted octanol–water partition coefficient (Wildman–Crippen LogP) is 4.77. The summed E-state index contributed by atoms with van der Waals surface area (Å²) in [6, 6.07) is 15.4. The third kappa shape index (κ3) is 3.90. The number of oxazole rings is 1. The molecule has 3 heterocycles. The van der Waals surface area contributed by atoms with Gasteiger partial charge >= 0.3 is 0 Å². The molecule has 0 saturated carbocycles. The minimum absolute atomic E-state index is 0.138. The molecule has 150 valence electrons. The van der Waals surface area contributed by atoms with Gasteiger partial charge in [-0.3, -0.25) is 4.79 Å². The van der Waals surface area contributed by atoms with Crippen LogP contribution in [0.25, 0.3) is 22.6 Å². The molecule has 0 saturated heterocycles. The van der Waals surface area contributed by atoms with Gasteiger partial charge in [-0.2, -0.15) is 0 Å². The number of fused-ring (bicyclic) bond motifs is 1. The molecule has 0 bridgehead atoms. The molecule has 1 N–H and O–H groups in total. The second-order valence-corrected chi connectivity index (χ2v) is 7.50. The van der Waals surface area contributed by atoms with E-state index in [1.54, 1.807) is 6.20 Å². The minimum atomic E-state index is -0.138. The summed E-state index contributed by atoms with van der Waals surface area (Å²) in [6.45, 7) is 0.231. The number of benzene rings is 2. The summed E-state index contributed by atoms with van der Waals surface area (Å²) in [5.74, 6) is 2.51. The molecule has 7 nitrogen and oxygen atoms in total. The van der Waals surface area contributed by atoms with Gasteiger partial charge < -0.3 is 19.2 Å². The Hall–Kier alpha value is -3.65. The van der Waals surface area contributed by atoms with Crippen molar-refractivity contribution in [2.24, 2.45) is 0 Å². The fraction of sp³-hybridized carbons (Fsp3) is 0.136. The summed E-state index contributed by atoms with van der Waals surface area (Å²) in [6.07, 6.45) is 2.35. The molecule has 0 atom stereocenters. The van der Waals surface area contributed by atoms with E-state index in [-0.39, 0.29) is 19.1 Å². The van der Waals surface area contributed by atoms with Crippen LogP contribution >= 0.6 is 11.3 Å². The van der Waals surface area contributed by atoms with Crippen LogP contribution in [-0.2, 0) is 11.2 Å². The molecule has 0 unspecified atom stereocenters. The van der Waals surface area contributed by atoms with Crippen LogP contribution in [-0.4, -0.2) is 22.7 Å². The average Bonchev–Trinajstić information content (AvgIpc) is 3.53. The van der Waals surface area contributed by atoms with E-state index in [0.29, 0.717) is 29.0 Å². The molecule has 30 heavy (non-hydrogen) atoms. The van der Waals surface area contributed by atoms with Crippen LogP contribution in [0, 0.1) is 0 Å². The molecule has 8 heteroatoms. The van der Waals surface area contributed by atoms with Crippen LogP contribution in [0.3, 0.4) is 0 Å². The van der Waals surface area contributed by atoms with Gasteiger partial charge in [-0.25, -0.2) is 9.97 Å². The Morgan fingerprint density at radius 2 is 1.93 bits per heavy atom. The highest BCUT2D eigenvalue weighted by molar-refractivity contribution is 7.14. The second kappa shape index (κ2) is 8.00. The molecule has 1 amide bonds. The molecule has 0 spiro atoms. The molecule has 0 radical (unpaired) electrons. The van der Waals surface area contributed by atoms with E-state index in [1.807, 2.05) is 53.9 Å². The lowest BCUT2D eigenvalue weighted by atomic mass is 10.1. The molecule has 1 aliphatic heterocycles.